The van der Waals surface area contributed by atoms with Crippen LogP contribution in [0.15, 0.2) is 0 Å². The number of hydrogen-bond donors (Lipinski definition) is 1. The van der Waals surface area contributed by atoms with Gasteiger partial charge in [-0.05, 0) is 45.6 Å². The van der Waals surface area contributed by atoms with Gasteiger partial charge in [-0.2, -0.15) is 0 Å². The molecule has 3 fully saturated rings. The van der Waals surface area contributed by atoms with Crippen LogP contribution in [-0.4, -0.2) is 61.9 Å². The van der Waals surface area contributed by atoms with Crippen molar-refractivity contribution in [1.29, 1.82) is 0 Å². The molecule has 20 heavy (non-hydrogen) atoms. The monoisotopic (exact) mass is 282 g/mol. The van der Waals surface area contributed by atoms with Crippen molar-refractivity contribution in [1.82, 2.24) is 10.2 Å². The lowest BCUT2D eigenvalue weighted by Gasteiger charge is -2.40. The molecule has 0 aromatic heterocycles. The van der Waals surface area contributed by atoms with Crippen LogP contribution in [-0.2, 0) is 14.3 Å². The van der Waals surface area contributed by atoms with E-state index in [0.717, 1.165) is 45.3 Å². The number of carbonyl (C=O) groups excluding carboxylic acids is 1. The van der Waals surface area contributed by atoms with Gasteiger partial charge in [-0.25, -0.2) is 4.79 Å². The number of ether oxygens (including phenoxy) is 2. The average Bonchev–Trinajstić information content (AvgIpc) is 3.23. The van der Waals surface area contributed by atoms with E-state index in [4.69, 9.17) is 9.47 Å². The summed E-state index contributed by atoms with van der Waals surface area (Å²) in [6.45, 7) is 4.98. The minimum Gasteiger partial charge on any atom is -0.465 e. The van der Waals surface area contributed by atoms with E-state index in [0.29, 0.717) is 24.7 Å². The van der Waals surface area contributed by atoms with E-state index < -0.39 is 5.54 Å². The zero-order valence-corrected chi connectivity index (χ0v) is 12.6. The molecule has 3 atom stereocenters. The third-order valence-corrected chi connectivity index (χ3v) is 4.95. The normalized spacial score (nSPS) is 32.9. The van der Waals surface area contributed by atoms with Gasteiger partial charge in [0.1, 0.15) is 5.54 Å². The molecule has 1 N–H and O–H groups in total. The maximum atomic E-state index is 12.5. The molecule has 5 nitrogen and oxygen atoms in total. The van der Waals surface area contributed by atoms with E-state index in [1.807, 2.05) is 14.0 Å². The smallest absolute Gasteiger partial charge is 0.327 e. The first-order chi connectivity index (χ1) is 9.68. The second-order valence-electron chi connectivity index (χ2n) is 6.37. The maximum Gasteiger partial charge on any atom is 0.327 e. The molecule has 114 valence electrons. The van der Waals surface area contributed by atoms with E-state index in [9.17, 15) is 4.79 Å². The fraction of sp³-hybridized carbons (Fsp3) is 0.933. The summed E-state index contributed by atoms with van der Waals surface area (Å²) in [5, 5.41) is 3.30. The molecular formula is C15H26N2O3. The summed E-state index contributed by atoms with van der Waals surface area (Å²) in [5.74, 6) is 0.343. The lowest BCUT2D eigenvalue weighted by atomic mass is 9.92. The van der Waals surface area contributed by atoms with Crippen LogP contribution in [0.2, 0.25) is 0 Å². The Labute approximate surface area is 121 Å². The number of nitrogens with one attached hydrogen (secondary N) is 1. The lowest BCUT2D eigenvalue weighted by molar-refractivity contribution is -0.154. The van der Waals surface area contributed by atoms with Crippen molar-refractivity contribution in [2.75, 3.05) is 33.3 Å². The molecular weight excluding hydrogens is 256 g/mol. The zero-order chi connectivity index (χ0) is 14.2. The second-order valence-corrected chi connectivity index (χ2v) is 6.37. The summed E-state index contributed by atoms with van der Waals surface area (Å²) in [6.07, 6.45) is 5.30. The van der Waals surface area contributed by atoms with Gasteiger partial charge in [-0.15, -0.1) is 0 Å². The van der Waals surface area contributed by atoms with Crippen molar-refractivity contribution in [2.24, 2.45) is 5.92 Å². The van der Waals surface area contributed by atoms with E-state index in [-0.39, 0.29) is 5.97 Å². The van der Waals surface area contributed by atoms with Gasteiger partial charge in [-0.1, -0.05) is 0 Å². The summed E-state index contributed by atoms with van der Waals surface area (Å²) in [5.41, 5.74) is -0.521. The molecule has 2 aliphatic heterocycles. The molecule has 2 saturated heterocycles. The van der Waals surface area contributed by atoms with Gasteiger partial charge in [0, 0.05) is 19.6 Å². The summed E-state index contributed by atoms with van der Waals surface area (Å²) in [4.78, 5) is 14.9. The first-order valence-electron chi connectivity index (χ1n) is 7.92. The molecule has 3 unspecified atom stereocenters. The van der Waals surface area contributed by atoms with Crippen LogP contribution >= 0.6 is 0 Å². The highest BCUT2D eigenvalue weighted by molar-refractivity contribution is 5.82. The fourth-order valence-electron chi connectivity index (χ4n) is 3.76. The van der Waals surface area contributed by atoms with Gasteiger partial charge in [0.25, 0.3) is 0 Å². The van der Waals surface area contributed by atoms with Crippen molar-refractivity contribution < 1.29 is 14.3 Å². The highest BCUT2D eigenvalue weighted by atomic mass is 16.5. The van der Waals surface area contributed by atoms with Crippen LogP contribution in [0.3, 0.4) is 0 Å². The zero-order valence-electron chi connectivity index (χ0n) is 12.6. The quantitative estimate of drug-likeness (QED) is 0.730. The summed E-state index contributed by atoms with van der Waals surface area (Å²) < 4.78 is 11.2. The summed E-state index contributed by atoms with van der Waals surface area (Å²) in [6, 6.07) is 0. The third kappa shape index (κ3) is 2.59. The number of likely N-dealkylation sites (N-methyl/N-ethyl adjacent to an activating group) is 1. The fourth-order valence-corrected chi connectivity index (χ4v) is 3.76. The Morgan fingerprint density at radius 1 is 1.30 bits per heavy atom. The molecule has 3 rings (SSSR count). The minimum absolute atomic E-state index is 0.0798. The molecule has 3 aliphatic rings. The Hall–Kier alpha value is -0.650. The van der Waals surface area contributed by atoms with Crippen molar-refractivity contribution in [2.45, 2.75) is 50.4 Å². The van der Waals surface area contributed by atoms with Crippen molar-refractivity contribution in [3.63, 3.8) is 0 Å². The largest absolute Gasteiger partial charge is 0.465 e. The molecule has 0 radical (unpaired) electrons. The number of morpholine rings is 1. The van der Waals surface area contributed by atoms with E-state index in [1.54, 1.807) is 0 Å². The van der Waals surface area contributed by atoms with E-state index >= 15 is 0 Å². The SMILES string of the molecule is CCOC(=O)C(CN1CC2CCC(C1)O2)(NC)C1CC1. The lowest BCUT2D eigenvalue weighted by Crippen LogP contribution is -2.62. The number of fused-ring (bicyclic) bond motifs is 2. The highest BCUT2D eigenvalue weighted by Crippen LogP contribution is 2.41. The van der Waals surface area contributed by atoms with Crippen LogP contribution in [0.5, 0.6) is 0 Å². The number of hydrogen-bond acceptors (Lipinski definition) is 5. The number of nitrogens with zero attached hydrogens (tertiary/aromatic N) is 1. The van der Waals surface area contributed by atoms with Crippen molar-refractivity contribution >= 4 is 5.97 Å². The van der Waals surface area contributed by atoms with E-state index in [1.165, 1.54) is 0 Å². The standard InChI is InChI=1S/C15H26N2O3/c1-3-19-14(18)15(16-2,11-4-5-11)10-17-8-12-6-7-13(9-17)20-12/h11-13,16H,3-10H2,1-2H3. The van der Waals surface area contributed by atoms with Crippen LogP contribution in [0.1, 0.15) is 32.6 Å². The van der Waals surface area contributed by atoms with Crippen LogP contribution in [0.25, 0.3) is 0 Å². The Kier molecular flexibility index (Phi) is 4.02. The number of likely N-dealkylation sites (tertiary alicyclic amines) is 1. The van der Waals surface area contributed by atoms with Crippen LogP contribution in [0.4, 0.5) is 0 Å². The molecule has 1 saturated carbocycles. The van der Waals surface area contributed by atoms with E-state index in [2.05, 4.69) is 10.2 Å². The Morgan fingerprint density at radius 3 is 2.45 bits per heavy atom. The molecule has 2 heterocycles. The Bertz CT molecular complexity index is 360. The Morgan fingerprint density at radius 2 is 1.95 bits per heavy atom. The van der Waals surface area contributed by atoms with Crippen molar-refractivity contribution in [3.05, 3.63) is 0 Å². The van der Waals surface area contributed by atoms with Gasteiger partial charge in [0.05, 0.1) is 18.8 Å². The number of rotatable bonds is 6. The maximum absolute atomic E-state index is 12.5. The van der Waals surface area contributed by atoms with Gasteiger partial charge in [0.2, 0.25) is 0 Å². The minimum atomic E-state index is -0.521. The first kappa shape index (κ1) is 14.3. The molecule has 2 bridgehead atoms. The second kappa shape index (κ2) is 5.62. The van der Waals surface area contributed by atoms with Crippen LogP contribution in [0, 0.1) is 5.92 Å². The average molecular weight is 282 g/mol. The molecule has 0 aromatic carbocycles. The third-order valence-electron chi connectivity index (χ3n) is 4.95. The summed E-state index contributed by atoms with van der Waals surface area (Å²) in [7, 11) is 1.89. The first-order valence-corrected chi connectivity index (χ1v) is 7.92. The topological polar surface area (TPSA) is 50.8 Å². The molecule has 1 aliphatic carbocycles. The molecule has 0 spiro atoms. The predicted molar refractivity (Wildman–Crippen MR) is 75.5 cm³/mol. The number of carbonyl (C=O) groups is 1. The van der Waals surface area contributed by atoms with Gasteiger partial charge in [0.15, 0.2) is 0 Å². The highest BCUT2D eigenvalue weighted by Gasteiger charge is 2.52. The molecule has 5 heteroatoms. The summed E-state index contributed by atoms with van der Waals surface area (Å²) >= 11 is 0. The van der Waals surface area contributed by atoms with Crippen LogP contribution < -0.4 is 5.32 Å². The van der Waals surface area contributed by atoms with Gasteiger partial charge in [-0.3, -0.25) is 4.90 Å². The molecule has 0 aromatic rings. The number of esters is 1. The van der Waals surface area contributed by atoms with Gasteiger partial charge < -0.3 is 14.8 Å². The predicted octanol–water partition coefficient (Wildman–Crippen LogP) is 0.781. The molecule has 0 amide bonds. The Balaban J connectivity index is 1.71. The van der Waals surface area contributed by atoms with Crippen molar-refractivity contribution in [3.8, 4) is 0 Å². The van der Waals surface area contributed by atoms with Gasteiger partial charge >= 0.3 is 5.97 Å².